The molecule has 6 nitrogen and oxygen atoms in total. The minimum Gasteiger partial charge on any atom is -0.395 e. The van der Waals surface area contributed by atoms with Crippen LogP contribution in [-0.2, 0) is 19.4 Å². The van der Waals surface area contributed by atoms with E-state index in [0.29, 0.717) is 24.3 Å². The Hall–Kier alpha value is -2.48. The maximum absolute atomic E-state index is 12.8. The first-order valence-corrected chi connectivity index (χ1v) is 18.3. The molecule has 0 spiro atoms. The fourth-order valence-corrected chi connectivity index (χ4v) is 8.95. The first-order chi connectivity index (χ1) is 22.5. The van der Waals surface area contributed by atoms with E-state index in [0.717, 1.165) is 37.0 Å². The molecule has 48 heavy (non-hydrogen) atoms. The molecule has 0 amide bonds. The van der Waals surface area contributed by atoms with Crippen molar-refractivity contribution < 1.29 is 10.2 Å². The van der Waals surface area contributed by atoms with Crippen molar-refractivity contribution in [1.29, 1.82) is 0 Å². The molecule has 2 aliphatic carbocycles. The molecular formula is C42H66N4O2. The third-order valence-corrected chi connectivity index (χ3v) is 12.2. The van der Waals surface area contributed by atoms with Crippen LogP contribution in [0.2, 0.25) is 0 Å². The first kappa shape index (κ1) is 38.3. The zero-order valence-corrected chi connectivity index (χ0v) is 31.9. The Labute approximate surface area is 292 Å². The molecule has 0 aromatic heterocycles. The average Bonchev–Trinajstić information content (AvgIpc) is 3.02. The number of fused-ring (bicyclic) bond motifs is 2. The van der Waals surface area contributed by atoms with Gasteiger partial charge in [-0.05, 0) is 142 Å². The van der Waals surface area contributed by atoms with Crippen molar-refractivity contribution in [3.63, 3.8) is 0 Å². The number of nitrogens with one attached hydrogen (secondary N) is 1. The quantitative estimate of drug-likeness (QED) is 0.183. The Bertz CT molecular complexity index is 1450. The Balaban J connectivity index is 1.75. The topological polar surface area (TPSA) is 85.0 Å². The average molecular weight is 659 g/mol. The normalized spacial score (nSPS) is 24.3. The van der Waals surface area contributed by atoms with Crippen molar-refractivity contribution in [1.82, 2.24) is 10.2 Å². The van der Waals surface area contributed by atoms with Gasteiger partial charge in [-0.25, -0.2) is 0 Å². The summed E-state index contributed by atoms with van der Waals surface area (Å²) in [6.45, 7) is 21.1. The third-order valence-electron chi connectivity index (χ3n) is 12.2. The fourth-order valence-electron chi connectivity index (χ4n) is 8.95. The molecule has 8 atom stereocenters. The second-order valence-corrected chi connectivity index (χ2v) is 16.1. The van der Waals surface area contributed by atoms with Gasteiger partial charge >= 0.3 is 0 Å². The Morgan fingerprint density at radius 2 is 1.69 bits per heavy atom. The monoisotopic (exact) mass is 659 g/mol. The molecule has 0 fully saturated rings. The van der Waals surface area contributed by atoms with Crippen LogP contribution in [0.25, 0.3) is 5.57 Å². The summed E-state index contributed by atoms with van der Waals surface area (Å²) >= 11 is 0. The number of rotatable bonds is 14. The van der Waals surface area contributed by atoms with Crippen LogP contribution >= 0.6 is 0 Å². The standard InChI is InChI=1S/C42H66N4O2/c1-25(2)35(18-32-16-14-13-15-17-32)31(8)44-23-34-21-38(45(9)10)36-19-33-20-37(39(24-47)46(11)12)42(48,22-26(3)30(7)43)29(6)41(33)28(5)40(36)27(34)4/h13-17,21,25-26,30-31,33,35,37,39,44,47-48H,5,18-20,22-24,43H2,1-4,6-12H3/t26?,30?,31?,33-,35?,37-,39-,42+/m0/s1. The van der Waals surface area contributed by atoms with Crippen LogP contribution in [0.5, 0.6) is 0 Å². The van der Waals surface area contributed by atoms with Gasteiger partial charge in [0, 0.05) is 50.4 Å². The zero-order chi connectivity index (χ0) is 35.7. The molecule has 2 aromatic rings. The van der Waals surface area contributed by atoms with E-state index >= 15 is 0 Å². The zero-order valence-electron chi connectivity index (χ0n) is 31.9. The Morgan fingerprint density at radius 1 is 1.04 bits per heavy atom. The number of nitrogens with two attached hydrogens (primary N) is 1. The summed E-state index contributed by atoms with van der Waals surface area (Å²) in [5.41, 5.74) is 16.4. The van der Waals surface area contributed by atoms with Crippen LogP contribution in [0.3, 0.4) is 0 Å². The maximum Gasteiger partial charge on any atom is 0.0907 e. The van der Waals surface area contributed by atoms with Gasteiger partial charge in [0.05, 0.1) is 12.2 Å². The number of allylic oxidation sites excluding steroid dienone is 2. The van der Waals surface area contributed by atoms with Gasteiger partial charge in [0.15, 0.2) is 0 Å². The second kappa shape index (κ2) is 15.6. The van der Waals surface area contributed by atoms with Gasteiger partial charge in [-0.1, -0.05) is 57.7 Å². The van der Waals surface area contributed by atoms with E-state index in [-0.39, 0.29) is 36.4 Å². The fraction of sp³-hybridized carbons (Fsp3) is 0.619. The van der Waals surface area contributed by atoms with Gasteiger partial charge in [0.2, 0.25) is 0 Å². The lowest BCUT2D eigenvalue weighted by Gasteiger charge is -2.52. The van der Waals surface area contributed by atoms with E-state index < -0.39 is 5.60 Å². The van der Waals surface area contributed by atoms with E-state index in [2.05, 4.69) is 107 Å². The lowest BCUT2D eigenvalue weighted by Crippen LogP contribution is -2.56. The van der Waals surface area contributed by atoms with Crippen LogP contribution in [-0.4, -0.2) is 73.6 Å². The largest absolute Gasteiger partial charge is 0.395 e. The van der Waals surface area contributed by atoms with Gasteiger partial charge in [0.1, 0.15) is 0 Å². The molecule has 266 valence electrons. The molecule has 4 unspecified atom stereocenters. The van der Waals surface area contributed by atoms with Crippen molar-refractivity contribution in [2.24, 2.45) is 35.3 Å². The highest BCUT2D eigenvalue weighted by Gasteiger charge is 2.51. The molecule has 2 aliphatic rings. The number of likely N-dealkylation sites (N-methyl/N-ethyl adjacent to an activating group) is 1. The van der Waals surface area contributed by atoms with Gasteiger partial charge < -0.3 is 31.1 Å². The number of anilines is 1. The summed E-state index contributed by atoms with van der Waals surface area (Å²) in [5, 5.41) is 27.3. The smallest absolute Gasteiger partial charge is 0.0907 e. The van der Waals surface area contributed by atoms with Crippen LogP contribution < -0.4 is 16.0 Å². The number of aliphatic hydroxyl groups is 2. The highest BCUT2D eigenvalue weighted by molar-refractivity contribution is 5.88. The van der Waals surface area contributed by atoms with Crippen molar-refractivity contribution >= 4 is 11.3 Å². The molecule has 4 rings (SSSR count). The minimum absolute atomic E-state index is 0.000738. The molecule has 5 N–H and O–H groups in total. The van der Waals surface area contributed by atoms with Crippen LogP contribution in [0.15, 0.2) is 54.1 Å². The van der Waals surface area contributed by atoms with Crippen molar-refractivity contribution in [3.05, 3.63) is 81.9 Å². The third kappa shape index (κ3) is 7.63. The van der Waals surface area contributed by atoms with Crippen LogP contribution in [0.4, 0.5) is 5.69 Å². The van der Waals surface area contributed by atoms with E-state index in [1.165, 1.54) is 39.1 Å². The summed E-state index contributed by atoms with van der Waals surface area (Å²) in [6.07, 6.45) is 3.31. The highest BCUT2D eigenvalue weighted by Crippen LogP contribution is 2.55. The van der Waals surface area contributed by atoms with E-state index in [1.807, 2.05) is 21.0 Å². The van der Waals surface area contributed by atoms with Gasteiger partial charge in [0.25, 0.3) is 0 Å². The summed E-state index contributed by atoms with van der Waals surface area (Å²) in [5.74, 6) is 1.28. The number of hydrogen-bond acceptors (Lipinski definition) is 6. The molecule has 0 bridgehead atoms. The Kier molecular flexibility index (Phi) is 12.5. The van der Waals surface area contributed by atoms with Crippen molar-refractivity contribution in [2.75, 3.05) is 39.7 Å². The van der Waals surface area contributed by atoms with Crippen molar-refractivity contribution in [2.45, 2.75) is 104 Å². The molecule has 0 heterocycles. The predicted molar refractivity (Wildman–Crippen MR) is 204 cm³/mol. The minimum atomic E-state index is -1.09. The van der Waals surface area contributed by atoms with Gasteiger partial charge in [-0.2, -0.15) is 0 Å². The summed E-state index contributed by atoms with van der Waals surface area (Å²) in [6, 6.07) is 13.4. The first-order valence-electron chi connectivity index (χ1n) is 18.3. The molecule has 6 heteroatoms. The van der Waals surface area contributed by atoms with E-state index in [1.54, 1.807) is 0 Å². The molecule has 0 aliphatic heterocycles. The summed E-state index contributed by atoms with van der Waals surface area (Å²) in [7, 11) is 8.30. The van der Waals surface area contributed by atoms with Crippen LogP contribution in [0, 0.1) is 36.5 Å². The molecule has 2 aromatic carbocycles. The van der Waals surface area contributed by atoms with E-state index in [9.17, 15) is 10.2 Å². The summed E-state index contributed by atoms with van der Waals surface area (Å²) < 4.78 is 0. The Morgan fingerprint density at radius 3 is 2.23 bits per heavy atom. The highest BCUT2D eigenvalue weighted by atomic mass is 16.3. The summed E-state index contributed by atoms with van der Waals surface area (Å²) in [4.78, 5) is 4.33. The van der Waals surface area contributed by atoms with Gasteiger partial charge in [-0.15, -0.1) is 0 Å². The SMILES string of the molecule is C=C1C2=C(C)[C@](O)(CC(C)C(C)N)[C@H]([C@H](CO)N(C)C)C[C@@H]2Cc2c(N(C)C)cc(CNC(C)C(Cc3ccccc3)C(C)C)c(C)c21. The maximum atomic E-state index is 12.8. The second-order valence-electron chi connectivity index (χ2n) is 16.1. The molecular weight excluding hydrogens is 592 g/mol. The lowest BCUT2D eigenvalue weighted by molar-refractivity contribution is -0.0638. The lowest BCUT2D eigenvalue weighted by atomic mass is 9.58. The number of hydrogen-bond donors (Lipinski definition) is 4. The molecule has 0 radical (unpaired) electrons. The number of aliphatic hydroxyl groups excluding tert-OH is 1. The van der Waals surface area contributed by atoms with Crippen LogP contribution in [0.1, 0.15) is 82.2 Å². The predicted octanol–water partition coefficient (Wildman–Crippen LogP) is 6.60. The van der Waals surface area contributed by atoms with Crippen molar-refractivity contribution in [3.8, 4) is 0 Å². The van der Waals surface area contributed by atoms with Gasteiger partial charge in [-0.3, -0.25) is 0 Å². The van der Waals surface area contributed by atoms with E-state index in [4.69, 9.17) is 12.3 Å². The number of nitrogens with zero attached hydrogens (tertiary/aromatic N) is 2. The number of benzene rings is 2. The molecule has 0 saturated heterocycles. The molecule has 0 saturated carbocycles.